The minimum absolute atomic E-state index is 0.233. The molecule has 1 atom stereocenters. The molecule has 1 unspecified atom stereocenters. The number of hydrogen-bond donors (Lipinski definition) is 1. The van der Waals surface area contributed by atoms with E-state index in [0.29, 0.717) is 8.67 Å². The summed E-state index contributed by atoms with van der Waals surface area (Å²) < 4.78 is 3.33. The molecule has 0 bridgehead atoms. The molecule has 2 rings (SSSR count). The summed E-state index contributed by atoms with van der Waals surface area (Å²) >= 11 is 21.8. The number of thiophene rings is 2. The summed E-state index contributed by atoms with van der Waals surface area (Å²) in [6, 6.07) is 3.58. The lowest BCUT2D eigenvalue weighted by molar-refractivity contribution is 0.899. The van der Waals surface area contributed by atoms with Crippen molar-refractivity contribution in [3.05, 3.63) is 39.5 Å². The van der Waals surface area contributed by atoms with Gasteiger partial charge in [0.2, 0.25) is 0 Å². The molecular weight excluding hydrogens is 417 g/mol. The van der Waals surface area contributed by atoms with Crippen LogP contribution in [0.15, 0.2) is 20.4 Å². The number of nitrogens with two attached hydrogens (primary N) is 1. The molecule has 0 aliphatic carbocycles. The fraction of sp³-hybridized carbons (Fsp3) is 0.111. The standard InChI is InChI=1S/C9H5Br2Cl2NS2/c10-4-2-5(15-8(4)11)7(14)3-1-6(12)16-9(3)13/h1-2,7H,14H2. The van der Waals surface area contributed by atoms with Crippen LogP contribution in [0.25, 0.3) is 0 Å². The highest BCUT2D eigenvalue weighted by atomic mass is 79.9. The maximum atomic E-state index is 6.15. The molecule has 0 aromatic carbocycles. The van der Waals surface area contributed by atoms with E-state index in [-0.39, 0.29) is 6.04 Å². The highest BCUT2D eigenvalue weighted by molar-refractivity contribution is 9.13. The van der Waals surface area contributed by atoms with Gasteiger partial charge in [-0.05, 0) is 44.0 Å². The third-order valence-electron chi connectivity index (χ3n) is 1.99. The van der Waals surface area contributed by atoms with Gasteiger partial charge in [0.25, 0.3) is 0 Å². The van der Waals surface area contributed by atoms with Crippen LogP contribution in [0.5, 0.6) is 0 Å². The van der Waals surface area contributed by atoms with Crippen molar-refractivity contribution >= 4 is 77.7 Å². The first-order valence-electron chi connectivity index (χ1n) is 4.14. The van der Waals surface area contributed by atoms with Crippen LogP contribution in [0.3, 0.4) is 0 Å². The van der Waals surface area contributed by atoms with E-state index >= 15 is 0 Å². The van der Waals surface area contributed by atoms with Gasteiger partial charge in [0.15, 0.2) is 0 Å². The Hall–Kier alpha value is 0.900. The monoisotopic (exact) mass is 419 g/mol. The summed E-state index contributed by atoms with van der Waals surface area (Å²) in [6.07, 6.45) is 0. The second kappa shape index (κ2) is 5.26. The molecule has 2 aromatic rings. The number of rotatable bonds is 2. The normalized spacial score (nSPS) is 13.1. The van der Waals surface area contributed by atoms with Crippen LogP contribution in [0.4, 0.5) is 0 Å². The Morgan fingerprint density at radius 2 is 1.88 bits per heavy atom. The average molecular weight is 422 g/mol. The predicted octanol–water partition coefficient (Wildman–Crippen LogP) is 5.69. The Morgan fingerprint density at radius 3 is 2.31 bits per heavy atom. The minimum atomic E-state index is -0.233. The molecule has 2 N–H and O–H groups in total. The van der Waals surface area contributed by atoms with Gasteiger partial charge in [-0.15, -0.1) is 22.7 Å². The number of halogens is 4. The summed E-state index contributed by atoms with van der Waals surface area (Å²) in [6.45, 7) is 0. The van der Waals surface area contributed by atoms with E-state index < -0.39 is 0 Å². The maximum Gasteiger partial charge on any atom is 0.0995 e. The quantitative estimate of drug-likeness (QED) is 0.662. The molecule has 16 heavy (non-hydrogen) atoms. The Bertz CT molecular complexity index is 504. The molecule has 0 spiro atoms. The maximum absolute atomic E-state index is 6.15. The van der Waals surface area contributed by atoms with E-state index in [1.165, 1.54) is 11.3 Å². The van der Waals surface area contributed by atoms with Crippen molar-refractivity contribution in [3.8, 4) is 0 Å². The smallest absolute Gasteiger partial charge is 0.0995 e. The SMILES string of the molecule is NC(c1cc(Br)c(Br)s1)c1cc(Cl)sc1Cl. The first-order chi connectivity index (χ1) is 7.49. The Kier molecular flexibility index (Phi) is 4.39. The molecule has 0 saturated carbocycles. The van der Waals surface area contributed by atoms with Gasteiger partial charge >= 0.3 is 0 Å². The van der Waals surface area contributed by atoms with Crippen LogP contribution < -0.4 is 5.73 Å². The lowest BCUT2D eigenvalue weighted by Gasteiger charge is -2.07. The third kappa shape index (κ3) is 2.66. The van der Waals surface area contributed by atoms with Gasteiger partial charge in [0.05, 0.1) is 18.5 Å². The summed E-state index contributed by atoms with van der Waals surface area (Å²) in [7, 11) is 0. The van der Waals surface area contributed by atoms with Gasteiger partial charge < -0.3 is 5.73 Å². The van der Waals surface area contributed by atoms with E-state index in [4.69, 9.17) is 28.9 Å². The summed E-state index contributed by atoms with van der Waals surface area (Å²) in [5.41, 5.74) is 7.02. The molecule has 7 heteroatoms. The zero-order valence-electron chi connectivity index (χ0n) is 7.64. The van der Waals surface area contributed by atoms with Gasteiger partial charge in [-0.1, -0.05) is 23.2 Å². The third-order valence-corrected chi connectivity index (χ3v) is 6.85. The minimum Gasteiger partial charge on any atom is -0.320 e. The molecule has 2 aromatic heterocycles. The summed E-state index contributed by atoms with van der Waals surface area (Å²) in [5.74, 6) is 0. The van der Waals surface area contributed by atoms with Crippen LogP contribution >= 0.6 is 77.7 Å². The van der Waals surface area contributed by atoms with E-state index in [2.05, 4.69) is 31.9 Å². The van der Waals surface area contributed by atoms with Crippen molar-refractivity contribution in [3.63, 3.8) is 0 Å². The molecule has 0 aliphatic rings. The molecule has 86 valence electrons. The van der Waals surface area contributed by atoms with Crippen LogP contribution in [-0.4, -0.2) is 0 Å². The Balaban J connectivity index is 2.38. The lowest BCUT2D eigenvalue weighted by Crippen LogP contribution is -2.09. The number of hydrogen-bond acceptors (Lipinski definition) is 3. The zero-order chi connectivity index (χ0) is 11.9. The molecule has 0 amide bonds. The van der Waals surface area contributed by atoms with E-state index in [1.54, 1.807) is 11.3 Å². The fourth-order valence-corrected chi connectivity index (χ4v) is 4.89. The Labute approximate surface area is 128 Å². The van der Waals surface area contributed by atoms with Crippen LogP contribution in [0.1, 0.15) is 16.5 Å². The first kappa shape index (κ1) is 13.3. The van der Waals surface area contributed by atoms with Crippen LogP contribution in [-0.2, 0) is 0 Å². The van der Waals surface area contributed by atoms with Gasteiger partial charge in [0, 0.05) is 14.9 Å². The van der Waals surface area contributed by atoms with Crippen molar-refractivity contribution in [1.82, 2.24) is 0 Å². The van der Waals surface area contributed by atoms with Gasteiger partial charge in [0.1, 0.15) is 0 Å². The lowest BCUT2D eigenvalue weighted by atomic mass is 10.1. The fourth-order valence-electron chi connectivity index (χ4n) is 1.23. The largest absolute Gasteiger partial charge is 0.320 e. The first-order valence-corrected chi connectivity index (χ1v) is 8.11. The van der Waals surface area contributed by atoms with Crippen molar-refractivity contribution in [2.24, 2.45) is 5.73 Å². The molecule has 0 fully saturated rings. The van der Waals surface area contributed by atoms with E-state index in [9.17, 15) is 0 Å². The van der Waals surface area contributed by atoms with Crippen molar-refractivity contribution < 1.29 is 0 Å². The van der Waals surface area contributed by atoms with E-state index in [0.717, 1.165) is 18.7 Å². The Morgan fingerprint density at radius 1 is 1.19 bits per heavy atom. The van der Waals surface area contributed by atoms with Gasteiger partial charge in [-0.2, -0.15) is 0 Å². The van der Waals surface area contributed by atoms with Crippen LogP contribution in [0.2, 0.25) is 8.67 Å². The highest BCUT2D eigenvalue weighted by Crippen LogP contribution is 2.41. The van der Waals surface area contributed by atoms with Gasteiger partial charge in [-0.25, -0.2) is 0 Å². The summed E-state index contributed by atoms with van der Waals surface area (Å²) in [4.78, 5) is 1.04. The zero-order valence-corrected chi connectivity index (χ0v) is 14.0. The molecular formula is C9H5Br2Cl2NS2. The summed E-state index contributed by atoms with van der Waals surface area (Å²) in [5, 5.41) is 0. The topological polar surface area (TPSA) is 26.0 Å². The van der Waals surface area contributed by atoms with Crippen LogP contribution in [0, 0.1) is 0 Å². The molecule has 1 nitrogen and oxygen atoms in total. The molecule has 2 heterocycles. The highest BCUT2D eigenvalue weighted by Gasteiger charge is 2.18. The molecule has 0 radical (unpaired) electrons. The molecule has 0 aliphatic heterocycles. The second-order valence-electron chi connectivity index (χ2n) is 3.03. The predicted molar refractivity (Wildman–Crippen MR) is 80.1 cm³/mol. The second-order valence-corrected chi connectivity index (χ2v) is 8.57. The van der Waals surface area contributed by atoms with Crippen molar-refractivity contribution in [2.45, 2.75) is 6.04 Å². The average Bonchev–Trinajstić information content (AvgIpc) is 2.70. The van der Waals surface area contributed by atoms with E-state index in [1.807, 2.05) is 12.1 Å². The van der Waals surface area contributed by atoms with Crippen molar-refractivity contribution in [2.75, 3.05) is 0 Å². The molecule has 0 saturated heterocycles. The van der Waals surface area contributed by atoms with Crippen molar-refractivity contribution in [1.29, 1.82) is 0 Å². The van der Waals surface area contributed by atoms with Gasteiger partial charge in [-0.3, -0.25) is 0 Å².